The largest absolute Gasteiger partial charge is 0.495 e. The molecule has 0 atom stereocenters. The van der Waals surface area contributed by atoms with Crippen LogP contribution in [0.4, 0.5) is 10.5 Å². The van der Waals surface area contributed by atoms with Gasteiger partial charge in [0.1, 0.15) is 5.75 Å². The normalized spacial score (nSPS) is 10.9. The Balaban J connectivity index is 1.94. The number of ether oxygens (including phenoxy) is 1. The number of aryl methyl sites for hydroxylation is 1. The molecule has 0 aliphatic carbocycles. The van der Waals surface area contributed by atoms with Crippen molar-refractivity contribution in [2.24, 2.45) is 5.73 Å². The highest BCUT2D eigenvalue weighted by Crippen LogP contribution is 2.36. The third-order valence-corrected chi connectivity index (χ3v) is 6.14. The smallest absolute Gasteiger partial charge is 0.316 e. The standard InChI is InChI=1S/C23H22N4O6S/c1-33-22-17(14-28)11-19(12-20(22)16-5-2-6-18(10-16)26-23(24)30)34(31,32)27-21(29)8-7-15-4-3-9-25-13-15/h2-6,9-14H,7-8H2,1H3,(H,27,29)(H3,24,26,30). The van der Waals surface area contributed by atoms with Crippen LogP contribution in [0.5, 0.6) is 5.75 Å². The van der Waals surface area contributed by atoms with Crippen LogP contribution in [0, 0.1) is 0 Å². The van der Waals surface area contributed by atoms with Crippen molar-refractivity contribution in [3.05, 3.63) is 72.1 Å². The summed E-state index contributed by atoms with van der Waals surface area (Å²) in [6, 6.07) is 11.5. The topological polar surface area (TPSA) is 158 Å². The number of methoxy groups -OCH3 is 1. The molecule has 3 amide bonds. The van der Waals surface area contributed by atoms with Gasteiger partial charge in [-0.2, -0.15) is 0 Å². The van der Waals surface area contributed by atoms with Gasteiger partial charge in [-0.05, 0) is 47.9 Å². The zero-order valence-electron chi connectivity index (χ0n) is 18.1. The molecule has 0 unspecified atom stereocenters. The minimum atomic E-state index is -4.30. The van der Waals surface area contributed by atoms with Crippen molar-refractivity contribution >= 4 is 33.9 Å². The van der Waals surface area contributed by atoms with Crippen LogP contribution in [0.25, 0.3) is 11.1 Å². The number of amides is 3. The Kier molecular flexibility index (Phi) is 7.59. The molecule has 0 saturated heterocycles. The summed E-state index contributed by atoms with van der Waals surface area (Å²) in [6.45, 7) is 0. The summed E-state index contributed by atoms with van der Waals surface area (Å²) in [5.41, 5.74) is 6.99. The van der Waals surface area contributed by atoms with Crippen LogP contribution in [0.2, 0.25) is 0 Å². The minimum Gasteiger partial charge on any atom is -0.495 e. The van der Waals surface area contributed by atoms with Gasteiger partial charge in [0.25, 0.3) is 10.0 Å². The van der Waals surface area contributed by atoms with Crippen LogP contribution in [0.3, 0.4) is 0 Å². The molecule has 0 radical (unpaired) electrons. The van der Waals surface area contributed by atoms with Gasteiger partial charge < -0.3 is 15.8 Å². The fraction of sp³-hybridized carbons (Fsp3) is 0.130. The Morgan fingerprint density at radius 3 is 2.59 bits per heavy atom. The highest BCUT2D eigenvalue weighted by molar-refractivity contribution is 7.90. The highest BCUT2D eigenvalue weighted by Gasteiger charge is 2.23. The third-order valence-electron chi connectivity index (χ3n) is 4.79. The molecular formula is C23H22N4O6S. The molecule has 2 aromatic carbocycles. The number of urea groups is 1. The number of nitrogens with one attached hydrogen (secondary N) is 2. The first-order valence-corrected chi connectivity index (χ1v) is 11.5. The minimum absolute atomic E-state index is 0.0311. The van der Waals surface area contributed by atoms with E-state index in [-0.39, 0.29) is 28.2 Å². The molecule has 1 heterocycles. The Morgan fingerprint density at radius 1 is 1.15 bits per heavy atom. The van der Waals surface area contributed by atoms with Crippen molar-refractivity contribution in [3.63, 3.8) is 0 Å². The number of carbonyl (C=O) groups is 3. The quantitative estimate of drug-likeness (QED) is 0.395. The van der Waals surface area contributed by atoms with Crippen LogP contribution < -0.4 is 20.5 Å². The second-order valence-corrected chi connectivity index (χ2v) is 8.85. The number of anilines is 1. The van der Waals surface area contributed by atoms with E-state index in [9.17, 15) is 22.8 Å². The van der Waals surface area contributed by atoms with E-state index in [2.05, 4.69) is 10.3 Å². The fourth-order valence-electron chi connectivity index (χ4n) is 3.28. The van der Waals surface area contributed by atoms with Crippen molar-refractivity contribution in [3.8, 4) is 16.9 Å². The number of sulfonamides is 1. The molecule has 0 aliphatic rings. The average molecular weight is 483 g/mol. The number of rotatable bonds is 9. The Bertz CT molecular complexity index is 1330. The Morgan fingerprint density at radius 2 is 1.94 bits per heavy atom. The SMILES string of the molecule is COc1c(C=O)cc(S(=O)(=O)NC(=O)CCc2cccnc2)cc1-c1cccc(NC(N)=O)c1. The molecule has 0 saturated carbocycles. The predicted octanol–water partition coefficient (Wildman–Crippen LogP) is 2.50. The zero-order valence-corrected chi connectivity index (χ0v) is 19.0. The molecule has 0 fully saturated rings. The molecular weight excluding hydrogens is 460 g/mol. The van der Waals surface area contributed by atoms with E-state index in [1.54, 1.807) is 48.8 Å². The van der Waals surface area contributed by atoms with Crippen LogP contribution in [-0.4, -0.2) is 38.7 Å². The number of primary amides is 1. The van der Waals surface area contributed by atoms with Crippen molar-refractivity contribution in [2.45, 2.75) is 17.7 Å². The summed E-state index contributed by atoms with van der Waals surface area (Å²) in [4.78, 5) is 38.9. The van der Waals surface area contributed by atoms with Crippen molar-refractivity contribution < 1.29 is 27.5 Å². The lowest BCUT2D eigenvalue weighted by Crippen LogP contribution is -2.30. The number of hydrogen-bond acceptors (Lipinski definition) is 7. The number of nitrogens with zero attached hydrogens (tertiary/aromatic N) is 1. The Labute approximate surface area is 196 Å². The monoisotopic (exact) mass is 482 g/mol. The van der Waals surface area contributed by atoms with E-state index in [1.807, 2.05) is 4.72 Å². The zero-order chi connectivity index (χ0) is 24.7. The molecule has 34 heavy (non-hydrogen) atoms. The predicted molar refractivity (Wildman–Crippen MR) is 125 cm³/mol. The molecule has 0 aliphatic heterocycles. The second kappa shape index (κ2) is 10.6. The first-order valence-electron chi connectivity index (χ1n) is 10.0. The molecule has 176 valence electrons. The maximum absolute atomic E-state index is 12.9. The van der Waals surface area contributed by atoms with Crippen molar-refractivity contribution in [1.29, 1.82) is 0 Å². The maximum atomic E-state index is 12.9. The van der Waals surface area contributed by atoms with E-state index >= 15 is 0 Å². The van der Waals surface area contributed by atoms with Gasteiger partial charge in [-0.3, -0.25) is 14.6 Å². The second-order valence-electron chi connectivity index (χ2n) is 7.17. The van der Waals surface area contributed by atoms with Gasteiger partial charge in [-0.1, -0.05) is 18.2 Å². The van der Waals surface area contributed by atoms with E-state index < -0.39 is 22.0 Å². The van der Waals surface area contributed by atoms with Gasteiger partial charge in [0.05, 0.1) is 17.6 Å². The van der Waals surface area contributed by atoms with E-state index in [0.717, 1.165) is 11.6 Å². The van der Waals surface area contributed by atoms with Crippen molar-refractivity contribution in [1.82, 2.24) is 9.71 Å². The van der Waals surface area contributed by atoms with Gasteiger partial charge in [-0.15, -0.1) is 0 Å². The molecule has 0 bridgehead atoms. The number of benzene rings is 2. The Hall–Kier alpha value is -4.25. The summed E-state index contributed by atoms with van der Waals surface area (Å²) in [5, 5.41) is 2.43. The number of carbonyl (C=O) groups excluding carboxylic acids is 3. The third kappa shape index (κ3) is 5.95. The van der Waals surface area contributed by atoms with Gasteiger partial charge in [0.15, 0.2) is 6.29 Å². The summed E-state index contributed by atoms with van der Waals surface area (Å²) < 4.78 is 33.3. The number of aldehydes is 1. The molecule has 4 N–H and O–H groups in total. The van der Waals surface area contributed by atoms with E-state index in [1.165, 1.54) is 13.2 Å². The number of hydrogen-bond donors (Lipinski definition) is 3. The molecule has 0 spiro atoms. The van der Waals surface area contributed by atoms with Crippen molar-refractivity contribution in [2.75, 3.05) is 12.4 Å². The first kappa shape index (κ1) is 24.4. The summed E-state index contributed by atoms with van der Waals surface area (Å²) in [5.74, 6) is -0.574. The number of aromatic nitrogens is 1. The summed E-state index contributed by atoms with van der Waals surface area (Å²) in [7, 11) is -2.96. The molecule has 10 nitrogen and oxygen atoms in total. The fourth-order valence-corrected chi connectivity index (χ4v) is 4.35. The summed E-state index contributed by atoms with van der Waals surface area (Å²) >= 11 is 0. The molecule has 3 rings (SSSR count). The summed E-state index contributed by atoms with van der Waals surface area (Å²) in [6.07, 6.45) is 3.88. The van der Waals surface area contributed by atoms with Gasteiger partial charge >= 0.3 is 6.03 Å². The molecule has 1 aromatic heterocycles. The molecule has 3 aromatic rings. The van der Waals surface area contributed by atoms with Crippen LogP contribution in [-0.2, 0) is 21.2 Å². The first-order chi connectivity index (χ1) is 16.2. The number of nitrogens with two attached hydrogens (primary N) is 1. The van der Waals surface area contributed by atoms with Gasteiger partial charge in [-0.25, -0.2) is 17.9 Å². The lowest BCUT2D eigenvalue weighted by molar-refractivity contribution is -0.119. The lowest BCUT2D eigenvalue weighted by Gasteiger charge is -2.15. The number of pyridine rings is 1. The van der Waals surface area contributed by atoms with Gasteiger partial charge in [0, 0.05) is 30.1 Å². The molecule has 11 heteroatoms. The van der Waals surface area contributed by atoms with Crippen LogP contribution in [0.15, 0.2) is 65.8 Å². The van der Waals surface area contributed by atoms with Crippen LogP contribution in [0.1, 0.15) is 22.3 Å². The highest BCUT2D eigenvalue weighted by atomic mass is 32.2. The lowest BCUT2D eigenvalue weighted by atomic mass is 10.0. The average Bonchev–Trinajstić information content (AvgIpc) is 2.82. The van der Waals surface area contributed by atoms with Crippen LogP contribution >= 0.6 is 0 Å². The van der Waals surface area contributed by atoms with E-state index in [0.29, 0.717) is 24.0 Å². The maximum Gasteiger partial charge on any atom is 0.316 e. The van der Waals surface area contributed by atoms with Gasteiger partial charge in [0.2, 0.25) is 5.91 Å². The van der Waals surface area contributed by atoms with E-state index in [4.69, 9.17) is 10.5 Å².